The van der Waals surface area contributed by atoms with Crippen LogP contribution in [-0.4, -0.2) is 11.7 Å². The van der Waals surface area contributed by atoms with Gasteiger partial charge in [0.25, 0.3) is 0 Å². The van der Waals surface area contributed by atoms with Crippen LogP contribution in [0.2, 0.25) is 0 Å². The molecule has 0 aliphatic rings. The number of nitrogens with one attached hydrogen (secondary N) is 1. The Balaban J connectivity index is 1.89. The molecule has 0 saturated heterocycles. The van der Waals surface area contributed by atoms with Crippen molar-refractivity contribution in [3.63, 3.8) is 0 Å². The van der Waals surface area contributed by atoms with Crippen LogP contribution in [0.25, 0.3) is 0 Å². The number of rotatable bonds is 5. The Bertz CT molecular complexity index is 673. The van der Waals surface area contributed by atoms with Crippen LogP contribution in [0.5, 0.6) is 0 Å². The third-order valence-corrected chi connectivity index (χ3v) is 4.29. The minimum atomic E-state index is -0.122. The Hall–Kier alpha value is -1.94. The molecule has 3 nitrogen and oxygen atoms in total. The van der Waals surface area contributed by atoms with Gasteiger partial charge >= 0.3 is 0 Å². The quantitative estimate of drug-likeness (QED) is 0.838. The van der Waals surface area contributed by atoms with Crippen molar-refractivity contribution in [2.24, 2.45) is 0 Å². The van der Waals surface area contributed by atoms with Crippen molar-refractivity contribution >= 4 is 28.7 Å². The summed E-state index contributed by atoms with van der Waals surface area (Å²) < 4.78 is 0. The van der Waals surface area contributed by atoms with Gasteiger partial charge in [-0.25, -0.2) is 0 Å². The van der Waals surface area contributed by atoms with E-state index < -0.39 is 0 Å². The normalized spacial score (nSPS) is 10.4. The first-order chi connectivity index (χ1) is 9.95. The number of amides is 1. The summed E-state index contributed by atoms with van der Waals surface area (Å²) in [5.41, 5.74) is 3.00. The molecule has 0 aliphatic heterocycles. The van der Waals surface area contributed by atoms with Gasteiger partial charge in [-0.3, -0.25) is 9.59 Å². The van der Waals surface area contributed by atoms with E-state index in [1.807, 2.05) is 51.1 Å². The molecule has 1 aromatic heterocycles. The zero-order chi connectivity index (χ0) is 15.4. The molecule has 2 rings (SSSR count). The summed E-state index contributed by atoms with van der Waals surface area (Å²) in [6, 6.07) is 9.63. The number of hydrogen-bond donors (Lipinski definition) is 1. The number of carbonyl (C=O) groups is 2. The van der Waals surface area contributed by atoms with E-state index in [1.54, 1.807) is 0 Å². The highest BCUT2D eigenvalue weighted by molar-refractivity contribution is 7.14. The lowest BCUT2D eigenvalue weighted by atomic mass is 10.1. The molecule has 110 valence electrons. The molecule has 1 N–H and O–H groups in total. The zero-order valence-electron chi connectivity index (χ0n) is 12.5. The van der Waals surface area contributed by atoms with Gasteiger partial charge in [0, 0.05) is 23.4 Å². The molecule has 0 spiro atoms. The first-order valence-electron chi connectivity index (χ1n) is 6.92. The molecule has 1 aromatic carbocycles. The van der Waals surface area contributed by atoms with Gasteiger partial charge < -0.3 is 5.32 Å². The largest absolute Gasteiger partial charge is 0.326 e. The lowest BCUT2D eigenvalue weighted by Crippen LogP contribution is -2.14. The smallest absolute Gasteiger partial charge is 0.224 e. The Morgan fingerprint density at radius 2 is 1.81 bits per heavy atom. The standard InChI is InChI=1S/C17H19NO2S/c1-11-4-6-14(12(2)10-11)18-17(20)9-7-15(19)16-8-5-13(3)21-16/h4-6,8,10H,7,9H2,1-3H3,(H,18,20). The van der Waals surface area contributed by atoms with Crippen LogP contribution in [0.4, 0.5) is 5.69 Å². The molecule has 1 amide bonds. The Morgan fingerprint density at radius 1 is 1.05 bits per heavy atom. The molecule has 0 saturated carbocycles. The van der Waals surface area contributed by atoms with Crippen molar-refractivity contribution < 1.29 is 9.59 Å². The Labute approximate surface area is 129 Å². The summed E-state index contributed by atoms with van der Waals surface area (Å²) in [5, 5.41) is 2.86. The summed E-state index contributed by atoms with van der Waals surface area (Å²) in [6.07, 6.45) is 0.458. The molecule has 0 bridgehead atoms. The van der Waals surface area contributed by atoms with Crippen molar-refractivity contribution in [3.8, 4) is 0 Å². The van der Waals surface area contributed by atoms with Crippen molar-refractivity contribution in [1.29, 1.82) is 0 Å². The second-order valence-corrected chi connectivity index (χ2v) is 6.49. The van der Waals surface area contributed by atoms with E-state index in [0.29, 0.717) is 0 Å². The second-order valence-electron chi connectivity index (χ2n) is 5.20. The van der Waals surface area contributed by atoms with Crippen molar-refractivity contribution in [2.75, 3.05) is 5.32 Å². The minimum absolute atomic E-state index is 0.0314. The molecule has 0 radical (unpaired) electrons. The Kier molecular flexibility index (Phi) is 4.91. The van der Waals surface area contributed by atoms with Crippen LogP contribution in [0.3, 0.4) is 0 Å². The van der Waals surface area contributed by atoms with Gasteiger partial charge in [-0.15, -0.1) is 11.3 Å². The summed E-state index contributed by atoms with van der Waals surface area (Å²) in [7, 11) is 0. The fraction of sp³-hybridized carbons (Fsp3) is 0.294. The van der Waals surface area contributed by atoms with Crippen molar-refractivity contribution in [1.82, 2.24) is 0 Å². The SMILES string of the molecule is Cc1ccc(NC(=O)CCC(=O)c2ccc(C)s2)c(C)c1. The number of aryl methyl sites for hydroxylation is 3. The summed E-state index contributed by atoms with van der Waals surface area (Å²) in [4.78, 5) is 25.7. The maximum atomic E-state index is 12.0. The van der Waals surface area contributed by atoms with E-state index in [4.69, 9.17) is 0 Å². The van der Waals surface area contributed by atoms with Gasteiger partial charge in [0.2, 0.25) is 5.91 Å². The lowest BCUT2D eigenvalue weighted by molar-refractivity contribution is -0.116. The highest BCUT2D eigenvalue weighted by atomic mass is 32.1. The maximum Gasteiger partial charge on any atom is 0.224 e. The summed E-state index contributed by atoms with van der Waals surface area (Å²) in [6.45, 7) is 5.94. The van der Waals surface area contributed by atoms with Gasteiger partial charge in [-0.1, -0.05) is 17.7 Å². The van der Waals surface area contributed by atoms with Crippen LogP contribution < -0.4 is 5.32 Å². The first-order valence-corrected chi connectivity index (χ1v) is 7.74. The van der Waals surface area contributed by atoms with Gasteiger partial charge in [0.15, 0.2) is 5.78 Å². The highest BCUT2D eigenvalue weighted by Gasteiger charge is 2.11. The first kappa shape index (κ1) is 15.4. The monoisotopic (exact) mass is 301 g/mol. The molecular formula is C17H19NO2S. The predicted octanol–water partition coefficient (Wildman–Crippen LogP) is 4.27. The van der Waals surface area contributed by atoms with Gasteiger partial charge in [-0.05, 0) is 44.5 Å². The molecule has 0 fully saturated rings. The van der Waals surface area contributed by atoms with Gasteiger partial charge in [0.1, 0.15) is 0 Å². The number of carbonyl (C=O) groups excluding carboxylic acids is 2. The number of benzene rings is 1. The van der Waals surface area contributed by atoms with Crippen LogP contribution in [0.15, 0.2) is 30.3 Å². The van der Waals surface area contributed by atoms with Crippen LogP contribution in [0.1, 0.15) is 38.5 Å². The molecule has 21 heavy (non-hydrogen) atoms. The molecule has 1 heterocycles. The van der Waals surface area contributed by atoms with Gasteiger partial charge in [0.05, 0.1) is 4.88 Å². The predicted molar refractivity (Wildman–Crippen MR) is 87.2 cm³/mol. The fourth-order valence-corrected chi connectivity index (χ4v) is 2.94. The number of anilines is 1. The number of hydrogen-bond acceptors (Lipinski definition) is 3. The zero-order valence-corrected chi connectivity index (χ0v) is 13.3. The molecule has 0 unspecified atom stereocenters. The third-order valence-electron chi connectivity index (χ3n) is 3.25. The number of thiophene rings is 1. The van der Waals surface area contributed by atoms with E-state index in [-0.39, 0.29) is 24.5 Å². The van der Waals surface area contributed by atoms with Gasteiger partial charge in [-0.2, -0.15) is 0 Å². The molecular weight excluding hydrogens is 282 g/mol. The van der Waals surface area contributed by atoms with E-state index in [2.05, 4.69) is 5.32 Å². The molecule has 2 aromatic rings. The van der Waals surface area contributed by atoms with Crippen LogP contribution in [-0.2, 0) is 4.79 Å². The Morgan fingerprint density at radius 3 is 2.43 bits per heavy atom. The average molecular weight is 301 g/mol. The van der Waals surface area contributed by atoms with E-state index in [0.717, 1.165) is 26.6 Å². The molecule has 0 aliphatic carbocycles. The van der Waals surface area contributed by atoms with Crippen LogP contribution in [0, 0.1) is 20.8 Å². The number of Topliss-reactive ketones (excluding diaryl/α,β-unsaturated/α-hetero) is 1. The molecule has 0 atom stereocenters. The van der Waals surface area contributed by atoms with Crippen molar-refractivity contribution in [2.45, 2.75) is 33.6 Å². The summed E-state index contributed by atoms with van der Waals surface area (Å²) in [5.74, 6) is -0.0903. The maximum absolute atomic E-state index is 12.0. The lowest BCUT2D eigenvalue weighted by Gasteiger charge is -2.08. The number of ketones is 1. The highest BCUT2D eigenvalue weighted by Crippen LogP contribution is 2.19. The third kappa shape index (κ3) is 4.26. The average Bonchev–Trinajstić information content (AvgIpc) is 2.86. The molecule has 4 heteroatoms. The van der Waals surface area contributed by atoms with E-state index in [9.17, 15) is 9.59 Å². The minimum Gasteiger partial charge on any atom is -0.326 e. The van der Waals surface area contributed by atoms with Crippen molar-refractivity contribution in [3.05, 3.63) is 51.2 Å². The van der Waals surface area contributed by atoms with E-state index in [1.165, 1.54) is 11.3 Å². The van der Waals surface area contributed by atoms with E-state index >= 15 is 0 Å². The summed E-state index contributed by atoms with van der Waals surface area (Å²) >= 11 is 1.47. The second kappa shape index (κ2) is 6.68. The fourth-order valence-electron chi connectivity index (χ4n) is 2.10. The van der Waals surface area contributed by atoms with Crippen LogP contribution >= 0.6 is 11.3 Å². The topological polar surface area (TPSA) is 46.2 Å².